The second kappa shape index (κ2) is 18.8. The number of rotatable bonds is 14. The molecular formula is C20H43IN4O2. The van der Waals surface area contributed by atoms with E-state index in [9.17, 15) is 4.79 Å². The van der Waals surface area contributed by atoms with Crippen molar-refractivity contribution in [3.8, 4) is 0 Å². The van der Waals surface area contributed by atoms with Crippen molar-refractivity contribution in [3.05, 3.63) is 0 Å². The van der Waals surface area contributed by atoms with Gasteiger partial charge in [-0.15, -0.1) is 24.0 Å². The highest BCUT2D eigenvalue weighted by atomic mass is 127. The van der Waals surface area contributed by atoms with Crippen LogP contribution in [0.5, 0.6) is 0 Å². The third-order valence-electron chi connectivity index (χ3n) is 4.34. The van der Waals surface area contributed by atoms with Gasteiger partial charge in [-0.05, 0) is 53.9 Å². The van der Waals surface area contributed by atoms with Crippen LogP contribution in [-0.4, -0.2) is 62.2 Å². The summed E-state index contributed by atoms with van der Waals surface area (Å²) in [5.41, 5.74) is 0. The maximum atomic E-state index is 11.0. The van der Waals surface area contributed by atoms with E-state index in [1.165, 1.54) is 7.11 Å². The molecular weight excluding hydrogens is 455 g/mol. The number of esters is 1. The van der Waals surface area contributed by atoms with Crippen LogP contribution < -0.4 is 10.6 Å². The molecule has 0 heterocycles. The summed E-state index contributed by atoms with van der Waals surface area (Å²) >= 11 is 0. The highest BCUT2D eigenvalue weighted by molar-refractivity contribution is 14.0. The first-order chi connectivity index (χ1) is 12.4. The molecule has 0 radical (unpaired) electrons. The Labute approximate surface area is 184 Å². The number of hydrogen-bond donors (Lipinski definition) is 2. The zero-order chi connectivity index (χ0) is 19.8. The van der Waals surface area contributed by atoms with E-state index < -0.39 is 0 Å². The highest BCUT2D eigenvalue weighted by Gasteiger charge is 2.12. The first-order valence-electron chi connectivity index (χ1n) is 10.3. The number of hydrogen-bond acceptors (Lipinski definition) is 4. The van der Waals surface area contributed by atoms with E-state index in [4.69, 9.17) is 0 Å². The molecule has 0 amide bonds. The molecule has 0 aliphatic heterocycles. The lowest BCUT2D eigenvalue weighted by molar-refractivity contribution is -0.140. The molecule has 0 aromatic rings. The van der Waals surface area contributed by atoms with Crippen molar-refractivity contribution in [1.82, 2.24) is 15.5 Å². The maximum absolute atomic E-state index is 11.0. The van der Waals surface area contributed by atoms with Crippen molar-refractivity contribution in [3.63, 3.8) is 0 Å². The van der Waals surface area contributed by atoms with Gasteiger partial charge in [-0.1, -0.05) is 12.8 Å². The number of carbonyl (C=O) groups excluding carboxylic acids is 1. The van der Waals surface area contributed by atoms with Crippen LogP contribution in [0.2, 0.25) is 0 Å². The van der Waals surface area contributed by atoms with E-state index in [0.717, 1.165) is 64.2 Å². The van der Waals surface area contributed by atoms with Crippen LogP contribution in [0.3, 0.4) is 0 Å². The number of methoxy groups -OCH3 is 1. The van der Waals surface area contributed by atoms with Crippen LogP contribution in [0.25, 0.3) is 0 Å². The Hall–Kier alpha value is -0.570. The lowest BCUT2D eigenvalue weighted by Crippen LogP contribution is -2.39. The van der Waals surface area contributed by atoms with Crippen molar-refractivity contribution in [1.29, 1.82) is 0 Å². The van der Waals surface area contributed by atoms with Crippen molar-refractivity contribution in [2.75, 3.05) is 33.3 Å². The van der Waals surface area contributed by atoms with E-state index in [1.807, 2.05) is 0 Å². The monoisotopic (exact) mass is 498 g/mol. The summed E-state index contributed by atoms with van der Waals surface area (Å²) in [5.74, 6) is 0.792. The van der Waals surface area contributed by atoms with E-state index >= 15 is 0 Å². The molecule has 0 rings (SSSR count). The standard InChI is InChI=1S/C20H42N4O2.HI/c1-7-21-20(22-14-11-9-8-10-13-19(25)26-6)23-15-12-16-24(17(2)3)18(4)5;/h17-18H,7-16H2,1-6H3,(H2,21,22,23);1H. The molecule has 7 heteroatoms. The Balaban J connectivity index is 0. The molecule has 0 unspecified atom stereocenters. The van der Waals surface area contributed by atoms with E-state index in [-0.39, 0.29) is 29.9 Å². The Bertz CT molecular complexity index is 382. The number of carbonyl (C=O) groups is 1. The fraction of sp³-hybridized carbons (Fsp3) is 0.900. The first-order valence-corrected chi connectivity index (χ1v) is 10.3. The molecule has 0 fully saturated rings. The Kier molecular flexibility index (Phi) is 19.9. The number of unbranched alkanes of at least 4 members (excludes halogenated alkanes) is 3. The van der Waals surface area contributed by atoms with Gasteiger partial charge in [0.15, 0.2) is 5.96 Å². The third kappa shape index (κ3) is 16.1. The maximum Gasteiger partial charge on any atom is 0.305 e. The second-order valence-electron chi connectivity index (χ2n) is 7.21. The molecule has 0 aliphatic rings. The van der Waals surface area contributed by atoms with E-state index in [0.29, 0.717) is 18.5 Å². The fourth-order valence-corrected chi connectivity index (χ4v) is 2.96. The first kappa shape index (κ1) is 28.6. The lowest BCUT2D eigenvalue weighted by atomic mass is 10.1. The summed E-state index contributed by atoms with van der Waals surface area (Å²) in [6, 6.07) is 1.15. The fourth-order valence-electron chi connectivity index (χ4n) is 2.96. The molecule has 0 spiro atoms. The SMILES string of the molecule is CCNC(=NCCCN(C(C)C)C(C)C)NCCCCCCC(=O)OC.I. The van der Waals surface area contributed by atoms with Crippen LogP contribution >= 0.6 is 24.0 Å². The average Bonchev–Trinajstić information content (AvgIpc) is 2.59. The molecule has 0 saturated carbocycles. The van der Waals surface area contributed by atoms with Gasteiger partial charge in [0.2, 0.25) is 0 Å². The summed E-state index contributed by atoms with van der Waals surface area (Å²) < 4.78 is 4.65. The predicted molar refractivity (Wildman–Crippen MR) is 126 cm³/mol. The number of ether oxygens (including phenoxy) is 1. The molecule has 2 N–H and O–H groups in total. The van der Waals surface area contributed by atoms with Crippen LogP contribution in [0.1, 0.15) is 73.1 Å². The van der Waals surface area contributed by atoms with E-state index in [2.05, 4.69) is 59.9 Å². The minimum absolute atomic E-state index is 0. The molecule has 0 aromatic carbocycles. The second-order valence-corrected chi connectivity index (χ2v) is 7.21. The van der Waals surface area contributed by atoms with Crippen molar-refractivity contribution < 1.29 is 9.53 Å². The van der Waals surface area contributed by atoms with Gasteiger partial charge in [-0.3, -0.25) is 14.7 Å². The number of halogens is 1. The van der Waals surface area contributed by atoms with Gasteiger partial charge in [-0.2, -0.15) is 0 Å². The summed E-state index contributed by atoms with van der Waals surface area (Å²) in [7, 11) is 1.44. The smallest absolute Gasteiger partial charge is 0.305 e. The van der Waals surface area contributed by atoms with Crippen LogP contribution in [0, 0.1) is 0 Å². The summed E-state index contributed by atoms with van der Waals surface area (Å²) in [6.07, 6.45) is 5.76. The Morgan fingerprint density at radius 2 is 1.63 bits per heavy atom. The zero-order valence-corrected chi connectivity index (χ0v) is 20.7. The minimum atomic E-state index is -0.113. The minimum Gasteiger partial charge on any atom is -0.469 e. The zero-order valence-electron chi connectivity index (χ0n) is 18.3. The third-order valence-corrected chi connectivity index (χ3v) is 4.34. The lowest BCUT2D eigenvalue weighted by Gasteiger charge is -2.30. The van der Waals surface area contributed by atoms with Gasteiger partial charge in [0.1, 0.15) is 0 Å². The molecule has 0 atom stereocenters. The molecule has 0 bridgehead atoms. The molecule has 162 valence electrons. The Morgan fingerprint density at radius 1 is 1.00 bits per heavy atom. The van der Waals surface area contributed by atoms with E-state index in [1.54, 1.807) is 0 Å². The average molecular weight is 498 g/mol. The topological polar surface area (TPSA) is 66.0 Å². The predicted octanol–water partition coefficient (Wildman–Crippen LogP) is 3.79. The van der Waals surface area contributed by atoms with Crippen molar-refractivity contribution in [2.45, 2.75) is 85.2 Å². The molecule has 0 saturated heterocycles. The molecule has 6 nitrogen and oxygen atoms in total. The number of guanidine groups is 1. The van der Waals surface area contributed by atoms with Crippen LogP contribution in [-0.2, 0) is 9.53 Å². The molecule has 0 aromatic heterocycles. The normalized spacial score (nSPS) is 11.7. The van der Waals surface area contributed by atoms with Gasteiger partial charge < -0.3 is 15.4 Å². The summed E-state index contributed by atoms with van der Waals surface area (Å²) in [4.78, 5) is 18.2. The number of aliphatic imine (C=N–C) groups is 1. The van der Waals surface area contributed by atoms with Gasteiger partial charge >= 0.3 is 5.97 Å². The largest absolute Gasteiger partial charge is 0.469 e. The van der Waals surface area contributed by atoms with Gasteiger partial charge in [0.25, 0.3) is 0 Å². The quantitative estimate of drug-likeness (QED) is 0.125. The summed E-state index contributed by atoms with van der Waals surface area (Å²) in [5, 5.41) is 6.70. The number of nitrogens with one attached hydrogen (secondary N) is 2. The number of nitrogens with zero attached hydrogens (tertiary/aromatic N) is 2. The van der Waals surface area contributed by atoms with Crippen LogP contribution in [0.4, 0.5) is 0 Å². The molecule has 0 aliphatic carbocycles. The van der Waals surface area contributed by atoms with Gasteiger partial charge in [0, 0.05) is 44.7 Å². The van der Waals surface area contributed by atoms with Gasteiger partial charge in [-0.25, -0.2) is 0 Å². The highest BCUT2D eigenvalue weighted by Crippen LogP contribution is 2.06. The van der Waals surface area contributed by atoms with Crippen LogP contribution in [0.15, 0.2) is 4.99 Å². The van der Waals surface area contributed by atoms with Gasteiger partial charge in [0.05, 0.1) is 7.11 Å². The Morgan fingerprint density at radius 3 is 2.19 bits per heavy atom. The summed E-state index contributed by atoms with van der Waals surface area (Å²) in [6.45, 7) is 14.8. The van der Waals surface area contributed by atoms with Crippen molar-refractivity contribution in [2.24, 2.45) is 4.99 Å². The van der Waals surface area contributed by atoms with Crippen molar-refractivity contribution >= 4 is 35.9 Å². The molecule has 27 heavy (non-hydrogen) atoms.